The summed E-state index contributed by atoms with van der Waals surface area (Å²) in [6.45, 7) is 1.74. The number of hydrogen-bond donors (Lipinski definition) is 5. The van der Waals surface area contributed by atoms with Gasteiger partial charge in [0.05, 0.1) is 33.9 Å². The number of aromatic amines is 1. The second kappa shape index (κ2) is 11.8. The third-order valence-corrected chi connectivity index (χ3v) is 6.62. The zero-order valence-electron chi connectivity index (χ0n) is 21.7. The van der Waals surface area contributed by atoms with Crippen molar-refractivity contribution in [3.05, 3.63) is 65.1 Å². The molecule has 4 aromatic rings. The summed E-state index contributed by atoms with van der Waals surface area (Å²) in [5.74, 6) is -0.678. The van der Waals surface area contributed by atoms with Crippen molar-refractivity contribution in [3.8, 4) is 34.0 Å². The van der Waals surface area contributed by atoms with Gasteiger partial charge in [0.15, 0.2) is 0 Å². The summed E-state index contributed by atoms with van der Waals surface area (Å²) in [6.07, 6.45) is -3.53. The minimum atomic E-state index is -4.56. The number of nitrogens with one attached hydrogen (secondary N) is 4. The van der Waals surface area contributed by atoms with Crippen molar-refractivity contribution in [1.29, 1.82) is 0 Å². The Morgan fingerprint density at radius 3 is 2.45 bits per heavy atom. The van der Waals surface area contributed by atoms with E-state index < -0.39 is 39.7 Å². The van der Waals surface area contributed by atoms with E-state index in [9.17, 15) is 30.8 Å². The van der Waals surface area contributed by atoms with Crippen molar-refractivity contribution in [2.45, 2.75) is 19.1 Å². The fraction of sp³-hybridized carbons (Fsp3) is 0.200. The number of amides is 1. The quantitative estimate of drug-likeness (QED) is 0.153. The zero-order valence-corrected chi connectivity index (χ0v) is 23.3. The van der Waals surface area contributed by atoms with Crippen LogP contribution < -0.4 is 15.4 Å². The molecule has 0 fully saturated rings. The highest BCUT2D eigenvalue weighted by atomic mass is 35.5. The predicted molar refractivity (Wildman–Crippen MR) is 148 cm³/mol. The summed E-state index contributed by atoms with van der Waals surface area (Å²) in [6, 6.07) is 7.02. The number of aromatic nitrogens is 4. The van der Waals surface area contributed by atoms with Crippen LogP contribution in [0.25, 0.3) is 34.0 Å². The minimum Gasteiger partial charge on any atom is -0.465 e. The Hall–Kier alpha value is -4.44. The van der Waals surface area contributed by atoms with Crippen LogP contribution in [-0.4, -0.2) is 58.4 Å². The number of halogens is 5. The molecule has 0 saturated heterocycles. The van der Waals surface area contributed by atoms with Gasteiger partial charge in [-0.15, -0.1) is 0 Å². The molecule has 222 valence electrons. The lowest BCUT2D eigenvalue weighted by atomic mass is 10.1. The average Bonchev–Trinajstić information content (AvgIpc) is 3.33. The summed E-state index contributed by atoms with van der Waals surface area (Å²) in [4.78, 5) is 26.8. The zero-order chi connectivity index (χ0) is 30.8. The molecular weight excluding hydrogens is 606 g/mol. The second-order valence-electron chi connectivity index (χ2n) is 9.07. The van der Waals surface area contributed by atoms with E-state index in [-0.39, 0.29) is 57.2 Å². The summed E-state index contributed by atoms with van der Waals surface area (Å²) < 4.78 is 79.8. The molecule has 0 aliphatic heterocycles. The standard InChI is InChI=1S/C25H22ClF4N7O4S/c1-12(33-24(38)39)11-32-23-31-8-7-17(34-23)21-20(16-9-15(27)10-18(19(16)26)37-42(2,40)41)35-22(36-21)13-3-5-14(6-4-13)25(28,29)30/h3-10,12,33,37H,11H2,1-2H3,(H,35,36)(H,38,39)(H,31,32,34). The van der Waals surface area contributed by atoms with Crippen molar-refractivity contribution < 1.29 is 35.9 Å². The highest BCUT2D eigenvalue weighted by molar-refractivity contribution is 7.92. The van der Waals surface area contributed by atoms with E-state index in [1.165, 1.54) is 24.4 Å². The van der Waals surface area contributed by atoms with Crippen LogP contribution in [0.1, 0.15) is 12.5 Å². The predicted octanol–water partition coefficient (Wildman–Crippen LogP) is 5.45. The van der Waals surface area contributed by atoms with Gasteiger partial charge in [-0.3, -0.25) is 4.72 Å². The Balaban J connectivity index is 1.84. The Labute approximate surface area is 241 Å². The maximum atomic E-state index is 14.7. The lowest BCUT2D eigenvalue weighted by molar-refractivity contribution is -0.137. The number of imidazole rings is 1. The largest absolute Gasteiger partial charge is 0.465 e. The molecule has 0 spiro atoms. The van der Waals surface area contributed by atoms with E-state index in [1.54, 1.807) is 6.92 Å². The van der Waals surface area contributed by atoms with Gasteiger partial charge in [-0.2, -0.15) is 13.2 Å². The van der Waals surface area contributed by atoms with Crippen LogP contribution in [0, 0.1) is 5.82 Å². The monoisotopic (exact) mass is 627 g/mol. The Morgan fingerprint density at radius 1 is 1.14 bits per heavy atom. The summed E-state index contributed by atoms with van der Waals surface area (Å²) in [7, 11) is -3.85. The lowest BCUT2D eigenvalue weighted by Gasteiger charge is -2.13. The maximum Gasteiger partial charge on any atom is 0.416 e. The van der Waals surface area contributed by atoms with Gasteiger partial charge in [-0.05, 0) is 37.3 Å². The number of benzene rings is 2. The fourth-order valence-electron chi connectivity index (χ4n) is 3.83. The van der Waals surface area contributed by atoms with Crippen molar-refractivity contribution in [2.24, 2.45) is 0 Å². The van der Waals surface area contributed by atoms with E-state index in [2.05, 4.69) is 35.3 Å². The van der Waals surface area contributed by atoms with Crippen LogP contribution >= 0.6 is 11.6 Å². The number of alkyl halides is 3. The number of H-pyrrole nitrogens is 1. The Kier molecular flexibility index (Phi) is 8.58. The van der Waals surface area contributed by atoms with Gasteiger partial charge in [0.2, 0.25) is 16.0 Å². The van der Waals surface area contributed by atoms with Gasteiger partial charge >= 0.3 is 12.3 Å². The van der Waals surface area contributed by atoms with Gasteiger partial charge in [0.25, 0.3) is 0 Å². The molecule has 42 heavy (non-hydrogen) atoms. The molecule has 0 saturated carbocycles. The van der Waals surface area contributed by atoms with E-state index in [0.717, 1.165) is 30.5 Å². The molecule has 2 heterocycles. The highest BCUT2D eigenvalue weighted by Crippen LogP contribution is 2.40. The molecule has 2 aromatic heterocycles. The van der Waals surface area contributed by atoms with E-state index in [1.807, 2.05) is 0 Å². The van der Waals surface area contributed by atoms with Crippen LogP contribution in [0.3, 0.4) is 0 Å². The number of carbonyl (C=O) groups is 1. The molecule has 5 N–H and O–H groups in total. The molecule has 1 unspecified atom stereocenters. The van der Waals surface area contributed by atoms with Crippen LogP contribution in [0.15, 0.2) is 48.7 Å². The first-order valence-electron chi connectivity index (χ1n) is 11.9. The molecule has 0 aliphatic rings. The second-order valence-corrected chi connectivity index (χ2v) is 11.2. The summed E-state index contributed by atoms with van der Waals surface area (Å²) in [5, 5.41) is 13.8. The average molecular weight is 628 g/mol. The van der Waals surface area contributed by atoms with Crippen LogP contribution in [-0.2, 0) is 16.2 Å². The SMILES string of the molecule is CC(CNc1nccc(-c2[nH]c(-c3ccc(C(F)(F)F)cc3)nc2-c2cc(F)cc(NS(C)(=O)=O)c2Cl)n1)NC(=O)O. The Bertz CT molecular complexity index is 1730. The molecule has 17 heteroatoms. The summed E-state index contributed by atoms with van der Waals surface area (Å²) in [5.41, 5.74) is -0.561. The van der Waals surface area contributed by atoms with Crippen molar-refractivity contribution in [2.75, 3.05) is 22.8 Å². The molecule has 11 nitrogen and oxygen atoms in total. The number of rotatable bonds is 9. The Morgan fingerprint density at radius 2 is 1.83 bits per heavy atom. The first kappa shape index (κ1) is 30.5. The van der Waals surface area contributed by atoms with Gasteiger partial charge < -0.3 is 20.7 Å². The number of nitrogens with zero attached hydrogens (tertiary/aromatic N) is 3. The molecule has 1 amide bonds. The number of sulfonamides is 1. The van der Waals surface area contributed by atoms with Crippen LogP contribution in [0.2, 0.25) is 5.02 Å². The van der Waals surface area contributed by atoms with Crippen molar-refractivity contribution in [3.63, 3.8) is 0 Å². The first-order valence-corrected chi connectivity index (χ1v) is 14.2. The van der Waals surface area contributed by atoms with E-state index in [4.69, 9.17) is 16.7 Å². The van der Waals surface area contributed by atoms with Gasteiger partial charge in [-0.25, -0.2) is 32.6 Å². The van der Waals surface area contributed by atoms with Gasteiger partial charge in [0, 0.05) is 29.9 Å². The summed E-state index contributed by atoms with van der Waals surface area (Å²) >= 11 is 6.49. The third kappa shape index (κ3) is 7.44. The lowest BCUT2D eigenvalue weighted by Crippen LogP contribution is -2.36. The highest BCUT2D eigenvalue weighted by Gasteiger charge is 2.30. The smallest absolute Gasteiger partial charge is 0.416 e. The van der Waals surface area contributed by atoms with Gasteiger partial charge in [-0.1, -0.05) is 23.7 Å². The number of carboxylic acid groups (broad SMARTS) is 1. The topological polar surface area (TPSA) is 162 Å². The van der Waals surface area contributed by atoms with Crippen LogP contribution in [0.4, 0.5) is 34.0 Å². The van der Waals surface area contributed by atoms with Crippen molar-refractivity contribution in [1.82, 2.24) is 25.3 Å². The molecule has 2 aromatic carbocycles. The third-order valence-electron chi connectivity index (χ3n) is 5.63. The minimum absolute atomic E-state index is 0.0107. The first-order chi connectivity index (χ1) is 19.6. The molecule has 0 radical (unpaired) electrons. The van der Waals surface area contributed by atoms with Crippen molar-refractivity contribution >= 4 is 39.4 Å². The van der Waals surface area contributed by atoms with E-state index >= 15 is 0 Å². The van der Waals surface area contributed by atoms with Gasteiger partial charge in [0.1, 0.15) is 17.3 Å². The molecular formula is C25H22ClF4N7O4S. The molecule has 0 bridgehead atoms. The normalized spacial score (nSPS) is 12.5. The fourth-order valence-corrected chi connectivity index (χ4v) is 4.69. The van der Waals surface area contributed by atoms with Crippen LogP contribution in [0.5, 0.6) is 0 Å². The van der Waals surface area contributed by atoms with E-state index in [0.29, 0.717) is 0 Å². The molecule has 1 atom stereocenters. The molecule has 4 rings (SSSR count). The maximum absolute atomic E-state index is 14.7. The molecule has 0 aliphatic carbocycles. The number of anilines is 2. The number of hydrogen-bond acceptors (Lipinski definition) is 7.